The van der Waals surface area contributed by atoms with Crippen molar-refractivity contribution >= 4 is 35.4 Å². The third kappa shape index (κ3) is 9.63. The van der Waals surface area contributed by atoms with Crippen molar-refractivity contribution in [3.05, 3.63) is 22.8 Å². The van der Waals surface area contributed by atoms with Crippen molar-refractivity contribution in [2.75, 3.05) is 6.73 Å². The molecule has 0 aliphatic rings. The Morgan fingerprint density at radius 2 is 0.588 bits per heavy atom. The zero-order valence-corrected chi connectivity index (χ0v) is 38.0. The second-order valence-electron chi connectivity index (χ2n) is 16.0. The lowest BCUT2D eigenvalue weighted by Gasteiger charge is -2.47. The van der Waals surface area contributed by atoms with Gasteiger partial charge in [0.1, 0.15) is 11.4 Å². The van der Waals surface area contributed by atoms with Gasteiger partial charge in [-0.25, -0.2) is 9.59 Å². The van der Waals surface area contributed by atoms with Gasteiger partial charge in [0, 0.05) is 6.92 Å². The van der Waals surface area contributed by atoms with Crippen LogP contribution in [0.4, 0.5) is 200 Å². The Balaban J connectivity index is 4.38. The van der Waals surface area contributed by atoms with Gasteiger partial charge in [-0.15, -0.1) is 0 Å². The van der Waals surface area contributed by atoms with Crippen molar-refractivity contribution in [3.8, 4) is 0 Å². The number of nitrogens with zero attached hydrogens (tertiary/aromatic N) is 2. The Morgan fingerprint density at radius 3 is 0.800 bits per heavy atom. The molecule has 0 saturated carbocycles. The van der Waals surface area contributed by atoms with Gasteiger partial charge in [-0.05, 0) is 18.6 Å². The van der Waals surface area contributed by atoms with E-state index in [1.807, 2.05) is 4.99 Å². The number of esters is 1. The van der Waals surface area contributed by atoms with E-state index >= 15 is 26.3 Å². The molecule has 0 spiro atoms. The van der Waals surface area contributed by atoms with Crippen molar-refractivity contribution in [1.82, 2.24) is 5.32 Å². The van der Waals surface area contributed by atoms with Crippen LogP contribution >= 0.6 is 0 Å². The highest BCUT2D eigenvalue weighted by molar-refractivity contribution is 5.99. The van der Waals surface area contributed by atoms with Gasteiger partial charge in [0.05, 0.1) is 11.1 Å². The highest BCUT2D eigenvalue weighted by atomic mass is 19.4. The lowest BCUT2D eigenvalue weighted by atomic mass is 9.81. The normalized spacial score (nSPS) is 15.7. The topological polar surface area (TPSA) is 114 Å². The molecule has 0 fully saturated rings. The minimum absolute atomic E-state index is 0.0208. The van der Waals surface area contributed by atoms with E-state index in [9.17, 15) is 182 Å². The summed E-state index contributed by atoms with van der Waals surface area (Å²) in [5, 5.41) is 1.01. The number of hydrogen-bond acceptors (Lipinski definition) is 7. The zero-order valence-electron chi connectivity index (χ0n) is 38.0. The van der Waals surface area contributed by atoms with Crippen molar-refractivity contribution < 1.29 is 213 Å². The molecule has 0 aliphatic heterocycles. The SMILES string of the molecule is CC(=O)OCNC(=O)c1cc(C)c(N=C=O)c(N=C=O)c1C(F)(F)C(F)(F)C(F)(F)C(F)(F)C(F)(F)C(F)(F)C(F)(F)C(F)(F)C(F)(F)C(F)(F)C(F)(F)C(F)(F)C(F)(F)C(F)(F)C(F)(F)C(F)(F)C(F)(F)C(F)(F)C(F)(F)C(F)(F)C(F)(F)F. The van der Waals surface area contributed by atoms with Crippen molar-refractivity contribution in [2.45, 2.75) is 138 Å². The summed E-state index contributed by atoms with van der Waals surface area (Å²) >= 11 is 0. The summed E-state index contributed by atoms with van der Waals surface area (Å²) in [6.07, 6.45) is -8.38. The Hall–Kier alpha value is -6.09. The third-order valence-electron chi connectivity index (χ3n) is 10.7. The maximum atomic E-state index is 15.8. The molecule has 0 aromatic heterocycles. The maximum absolute atomic E-state index is 15.8. The van der Waals surface area contributed by atoms with E-state index in [0.29, 0.717) is 13.8 Å². The van der Waals surface area contributed by atoms with Crippen molar-refractivity contribution in [2.24, 2.45) is 9.98 Å². The van der Waals surface area contributed by atoms with Crippen molar-refractivity contribution in [3.63, 3.8) is 0 Å². The molecule has 1 rings (SSSR count). The van der Waals surface area contributed by atoms with Crippen LogP contribution in [0.3, 0.4) is 0 Å². The number of aliphatic imine (C=N–C) groups is 2. The molecule has 0 atom stereocenters. The zero-order chi connectivity index (χ0) is 69.2. The van der Waals surface area contributed by atoms with Gasteiger partial charge in [0.25, 0.3) is 5.91 Å². The Morgan fingerprint density at radius 1 is 0.376 bits per heavy atom. The molecule has 51 heteroatoms. The van der Waals surface area contributed by atoms with Crippen LogP contribution in [0.5, 0.6) is 0 Å². The summed E-state index contributed by atoms with van der Waals surface area (Å²) < 4.78 is 615. The van der Waals surface area contributed by atoms with Gasteiger partial charge < -0.3 is 10.1 Å². The fraction of sp³-hybridized carbons (Fsp3) is 0.706. The highest BCUT2D eigenvalue weighted by Crippen LogP contribution is 2.72. The van der Waals surface area contributed by atoms with Crippen LogP contribution in [0.1, 0.15) is 28.4 Å². The molecular weight excluding hydrogens is 1350 g/mol. The quantitative estimate of drug-likeness (QED) is 0.0344. The molecule has 8 nitrogen and oxygen atoms in total. The van der Waals surface area contributed by atoms with Crippen LogP contribution in [0.15, 0.2) is 16.1 Å². The lowest BCUT2D eigenvalue weighted by molar-refractivity contribution is -0.496. The standard InChI is InChI=1S/C34H10F43N3O5/c1-7-3-9(13(84)80-6-85-8(2)83)10(12(79-5-82)11(7)78-4-81)14(35,36)15(37,38)16(39,40)17(41,42)18(43,44)19(45,46)20(47,48)21(49,50)22(51,52)23(53,54)24(55,56)25(57,58)26(59,60)27(61,62)28(63,64)29(65,66)30(67,68)31(69,70)32(71,72)33(73,74)34(75,76)77/h3H,6H2,1-2H3,(H,80,84). The second kappa shape index (κ2) is 20.8. The number of aryl methyl sites for hydroxylation is 1. The van der Waals surface area contributed by atoms with Gasteiger partial charge in [-0.3, -0.25) is 9.59 Å². The molecule has 0 saturated heterocycles. The van der Waals surface area contributed by atoms with Crippen LogP contribution in [-0.4, -0.2) is 149 Å². The summed E-state index contributed by atoms with van der Waals surface area (Å²) in [5.41, 5.74) is -12.7. The molecule has 0 bridgehead atoms. The first kappa shape index (κ1) is 76.9. The number of carbonyl (C=O) groups is 2. The van der Waals surface area contributed by atoms with Gasteiger partial charge in [0.15, 0.2) is 6.73 Å². The van der Waals surface area contributed by atoms with Crippen LogP contribution < -0.4 is 5.32 Å². The van der Waals surface area contributed by atoms with E-state index in [4.69, 9.17) is 0 Å². The molecule has 492 valence electrons. The van der Waals surface area contributed by atoms with E-state index in [1.165, 1.54) is 0 Å². The van der Waals surface area contributed by atoms with Gasteiger partial charge in [0.2, 0.25) is 12.2 Å². The number of amides is 1. The molecule has 1 aromatic rings. The Bertz CT molecular complexity index is 2820. The summed E-state index contributed by atoms with van der Waals surface area (Å²) in [6, 6.07) is -0.528. The molecule has 1 amide bonds. The first-order chi connectivity index (χ1) is 36.6. The fourth-order valence-electron chi connectivity index (χ4n) is 5.81. The first-order valence-corrected chi connectivity index (χ1v) is 19.0. The van der Waals surface area contributed by atoms with Crippen LogP contribution in [0, 0.1) is 6.92 Å². The molecule has 1 aromatic carbocycles. The van der Waals surface area contributed by atoms with Gasteiger partial charge in [-0.1, -0.05) is 0 Å². The number of benzene rings is 1. The number of rotatable bonds is 25. The predicted octanol–water partition coefficient (Wildman–Crippen LogP) is 14.9. The average molecular weight is 1360 g/mol. The molecule has 1 N–H and O–H groups in total. The van der Waals surface area contributed by atoms with Crippen molar-refractivity contribution in [1.29, 1.82) is 0 Å². The second-order valence-corrected chi connectivity index (χ2v) is 16.0. The van der Waals surface area contributed by atoms with E-state index in [1.54, 1.807) is 0 Å². The molecule has 0 aliphatic carbocycles. The minimum Gasteiger partial charge on any atom is -0.445 e. The number of ether oxygens (including phenoxy) is 1. The number of hydrogen-bond donors (Lipinski definition) is 1. The average Bonchev–Trinajstić information content (AvgIpc) is 1.95. The summed E-state index contributed by atoms with van der Waals surface area (Å²) in [7, 11) is 0. The summed E-state index contributed by atoms with van der Waals surface area (Å²) in [6.45, 7) is -1.07. The summed E-state index contributed by atoms with van der Waals surface area (Å²) in [5.74, 6) is -209. The smallest absolute Gasteiger partial charge is 0.445 e. The molecular formula is C34H10F43N3O5. The molecule has 0 radical (unpaired) electrons. The fourth-order valence-corrected chi connectivity index (χ4v) is 5.81. The molecule has 0 unspecified atom stereocenters. The number of nitrogens with one attached hydrogen (secondary N) is 1. The molecule has 0 heterocycles. The van der Waals surface area contributed by atoms with E-state index in [0.717, 1.165) is 5.32 Å². The first-order valence-electron chi connectivity index (χ1n) is 19.0. The van der Waals surface area contributed by atoms with Gasteiger partial charge >= 0.3 is 131 Å². The maximum Gasteiger partial charge on any atom is 0.460 e. The van der Waals surface area contributed by atoms with Crippen LogP contribution in [-0.2, 0) is 25.0 Å². The van der Waals surface area contributed by atoms with E-state index in [-0.39, 0.29) is 12.2 Å². The monoisotopic (exact) mass is 1360 g/mol. The predicted molar refractivity (Wildman–Crippen MR) is 175 cm³/mol. The number of carbonyl (C=O) groups excluding carboxylic acids is 4. The van der Waals surface area contributed by atoms with Crippen LogP contribution in [0.2, 0.25) is 0 Å². The third-order valence-corrected chi connectivity index (χ3v) is 10.7. The number of isocyanates is 2. The largest absolute Gasteiger partial charge is 0.460 e. The Labute approximate surface area is 432 Å². The minimum atomic E-state index is -10.8. The van der Waals surface area contributed by atoms with E-state index < -0.39 is 177 Å². The van der Waals surface area contributed by atoms with E-state index in [2.05, 4.69) is 9.73 Å². The Kier molecular flexibility index (Phi) is 18.8. The summed E-state index contributed by atoms with van der Waals surface area (Å²) in [4.78, 5) is 49.7. The molecule has 85 heavy (non-hydrogen) atoms. The highest BCUT2D eigenvalue weighted by Gasteiger charge is 3.04. The number of halogens is 43. The van der Waals surface area contributed by atoms with Crippen LogP contribution in [0.25, 0.3) is 0 Å². The lowest BCUT2D eigenvalue weighted by Crippen LogP contribution is -2.80. The number of alkyl halides is 43. The van der Waals surface area contributed by atoms with Gasteiger partial charge in [-0.2, -0.15) is 199 Å².